The third-order valence-corrected chi connectivity index (χ3v) is 2.74. The van der Waals surface area contributed by atoms with Gasteiger partial charge in [0.15, 0.2) is 0 Å². The molecule has 0 radical (unpaired) electrons. The van der Waals surface area contributed by atoms with Crippen molar-refractivity contribution in [1.82, 2.24) is 9.97 Å². The second-order valence-corrected chi connectivity index (χ2v) is 4.13. The highest BCUT2D eigenvalue weighted by atomic mass is 35.5. The van der Waals surface area contributed by atoms with E-state index in [0.717, 1.165) is 6.42 Å². The Morgan fingerprint density at radius 2 is 2.00 bits per heavy atom. The summed E-state index contributed by atoms with van der Waals surface area (Å²) in [6, 6.07) is 1.39. The van der Waals surface area contributed by atoms with Crippen LogP contribution in [0.15, 0.2) is 6.07 Å². The van der Waals surface area contributed by atoms with Crippen LogP contribution < -0.4 is 4.90 Å². The molecule has 1 aromatic rings. The molecule has 96 valence electrons. The van der Waals surface area contributed by atoms with E-state index in [-0.39, 0.29) is 17.0 Å². The number of nitrogens with zero attached hydrogens (tertiary/aromatic N) is 3. The highest BCUT2D eigenvalue weighted by molar-refractivity contribution is 6.29. The highest BCUT2D eigenvalue weighted by Crippen LogP contribution is 2.29. The first-order chi connectivity index (χ1) is 7.75. The summed E-state index contributed by atoms with van der Waals surface area (Å²) in [5.74, 6) is -1.04. The molecule has 1 aromatic heterocycles. The van der Waals surface area contributed by atoms with Crippen molar-refractivity contribution < 1.29 is 13.2 Å². The van der Waals surface area contributed by atoms with Crippen LogP contribution in [0.5, 0.6) is 0 Å². The van der Waals surface area contributed by atoms with E-state index in [1.807, 2.05) is 13.8 Å². The van der Waals surface area contributed by atoms with Crippen molar-refractivity contribution in [2.24, 2.45) is 0 Å². The summed E-state index contributed by atoms with van der Waals surface area (Å²) in [6.45, 7) is 3.83. The average Bonchev–Trinajstić information content (AvgIpc) is 2.25. The smallest absolute Gasteiger partial charge is 0.357 e. The molecule has 17 heavy (non-hydrogen) atoms. The molecule has 0 aliphatic rings. The zero-order valence-corrected chi connectivity index (χ0v) is 10.5. The fraction of sp³-hybridized carbons (Fsp3) is 0.600. The molecular weight excluding hydrogens is 255 g/mol. The average molecular weight is 268 g/mol. The Labute approximate surface area is 103 Å². The number of alkyl halides is 3. The molecule has 0 aliphatic carbocycles. The topological polar surface area (TPSA) is 29.0 Å². The largest absolute Gasteiger partial charge is 0.451 e. The van der Waals surface area contributed by atoms with E-state index < -0.39 is 12.0 Å². The molecule has 3 nitrogen and oxygen atoms in total. The Morgan fingerprint density at radius 1 is 1.41 bits per heavy atom. The van der Waals surface area contributed by atoms with Crippen LogP contribution in [0.25, 0.3) is 0 Å². The molecule has 0 spiro atoms. The van der Waals surface area contributed by atoms with Crippen molar-refractivity contribution in [2.45, 2.75) is 32.5 Å². The van der Waals surface area contributed by atoms with Crippen LogP contribution in [0.4, 0.5) is 19.0 Å². The molecule has 0 bridgehead atoms. The zero-order chi connectivity index (χ0) is 13.2. The molecule has 1 atom stereocenters. The predicted octanol–water partition coefficient (Wildman–Crippen LogP) is 3.38. The van der Waals surface area contributed by atoms with E-state index >= 15 is 0 Å². The fourth-order valence-electron chi connectivity index (χ4n) is 1.21. The minimum Gasteiger partial charge on any atom is -0.357 e. The summed E-state index contributed by atoms with van der Waals surface area (Å²) >= 11 is 5.57. The minimum absolute atomic E-state index is 0.0713. The van der Waals surface area contributed by atoms with E-state index in [1.54, 1.807) is 11.9 Å². The monoisotopic (exact) mass is 267 g/mol. The number of halogens is 4. The van der Waals surface area contributed by atoms with Gasteiger partial charge in [0.1, 0.15) is 11.0 Å². The second-order valence-electron chi connectivity index (χ2n) is 3.74. The Bertz CT molecular complexity index is 395. The van der Waals surface area contributed by atoms with Gasteiger partial charge >= 0.3 is 6.18 Å². The molecule has 0 aromatic carbocycles. The van der Waals surface area contributed by atoms with Crippen molar-refractivity contribution >= 4 is 17.4 Å². The SMILES string of the molecule is CCC(C)N(C)c1cc(Cl)nc(C(F)(F)F)n1. The molecule has 0 fully saturated rings. The lowest BCUT2D eigenvalue weighted by atomic mass is 10.2. The predicted molar refractivity (Wildman–Crippen MR) is 60.2 cm³/mol. The van der Waals surface area contributed by atoms with Gasteiger partial charge < -0.3 is 4.90 Å². The van der Waals surface area contributed by atoms with Crippen LogP contribution >= 0.6 is 11.6 Å². The highest BCUT2D eigenvalue weighted by Gasteiger charge is 2.35. The fourth-order valence-corrected chi connectivity index (χ4v) is 1.39. The molecule has 1 unspecified atom stereocenters. The standard InChI is InChI=1S/C10H13ClF3N3/c1-4-6(2)17(3)8-5-7(11)15-9(16-8)10(12,13)14/h5-6H,4H2,1-3H3. The van der Waals surface area contributed by atoms with E-state index in [1.165, 1.54) is 6.07 Å². The van der Waals surface area contributed by atoms with Gasteiger partial charge in [-0.3, -0.25) is 0 Å². The molecular formula is C10H13ClF3N3. The Morgan fingerprint density at radius 3 is 2.47 bits per heavy atom. The van der Waals surface area contributed by atoms with E-state index in [2.05, 4.69) is 9.97 Å². The number of hydrogen-bond acceptors (Lipinski definition) is 3. The molecule has 0 amide bonds. The summed E-state index contributed by atoms with van der Waals surface area (Å²) in [4.78, 5) is 8.30. The van der Waals surface area contributed by atoms with E-state index in [4.69, 9.17) is 11.6 Å². The van der Waals surface area contributed by atoms with Gasteiger partial charge in [-0.25, -0.2) is 9.97 Å². The van der Waals surface area contributed by atoms with Crippen molar-refractivity contribution in [3.63, 3.8) is 0 Å². The van der Waals surface area contributed by atoms with Crippen molar-refractivity contribution in [2.75, 3.05) is 11.9 Å². The zero-order valence-electron chi connectivity index (χ0n) is 9.72. The molecule has 0 aliphatic heterocycles. The summed E-state index contributed by atoms with van der Waals surface area (Å²) in [5, 5.41) is -0.211. The van der Waals surface area contributed by atoms with Crippen LogP contribution in [-0.2, 0) is 6.18 Å². The van der Waals surface area contributed by atoms with Crippen molar-refractivity contribution in [1.29, 1.82) is 0 Å². The quantitative estimate of drug-likeness (QED) is 0.786. The van der Waals surface area contributed by atoms with Gasteiger partial charge in [0.25, 0.3) is 0 Å². The van der Waals surface area contributed by atoms with Gasteiger partial charge in [-0.1, -0.05) is 18.5 Å². The van der Waals surface area contributed by atoms with Crippen molar-refractivity contribution in [3.8, 4) is 0 Å². The summed E-state index contributed by atoms with van der Waals surface area (Å²) in [6.07, 6.45) is -3.80. The Balaban J connectivity index is 3.14. The molecule has 0 saturated heterocycles. The molecule has 1 heterocycles. The lowest BCUT2D eigenvalue weighted by Gasteiger charge is -2.25. The first-order valence-electron chi connectivity index (χ1n) is 5.10. The summed E-state index contributed by atoms with van der Waals surface area (Å²) in [7, 11) is 1.67. The lowest BCUT2D eigenvalue weighted by Crippen LogP contribution is -2.29. The maximum atomic E-state index is 12.5. The summed E-state index contributed by atoms with van der Waals surface area (Å²) in [5.41, 5.74) is 0. The Kier molecular flexibility index (Phi) is 4.19. The van der Waals surface area contributed by atoms with Gasteiger partial charge in [0, 0.05) is 19.2 Å². The van der Waals surface area contributed by atoms with Gasteiger partial charge in [-0.05, 0) is 13.3 Å². The van der Waals surface area contributed by atoms with Crippen LogP contribution in [0.3, 0.4) is 0 Å². The van der Waals surface area contributed by atoms with Gasteiger partial charge in [0.2, 0.25) is 5.82 Å². The molecule has 0 saturated carbocycles. The second kappa shape index (κ2) is 5.08. The molecule has 7 heteroatoms. The minimum atomic E-state index is -4.59. The number of rotatable bonds is 3. The van der Waals surface area contributed by atoms with Gasteiger partial charge in [0.05, 0.1) is 0 Å². The van der Waals surface area contributed by atoms with Gasteiger partial charge in [-0.2, -0.15) is 13.2 Å². The van der Waals surface area contributed by atoms with Crippen LogP contribution in [0, 0.1) is 0 Å². The lowest BCUT2D eigenvalue weighted by molar-refractivity contribution is -0.144. The normalized spacial score (nSPS) is 13.6. The number of aromatic nitrogens is 2. The molecule has 0 N–H and O–H groups in total. The first kappa shape index (κ1) is 14.0. The van der Waals surface area contributed by atoms with Crippen LogP contribution in [0.2, 0.25) is 5.15 Å². The van der Waals surface area contributed by atoms with E-state index in [0.29, 0.717) is 0 Å². The van der Waals surface area contributed by atoms with Crippen molar-refractivity contribution in [3.05, 3.63) is 17.0 Å². The Hall–Kier alpha value is -1.04. The van der Waals surface area contributed by atoms with E-state index in [9.17, 15) is 13.2 Å². The molecule has 1 rings (SSSR count). The van der Waals surface area contributed by atoms with Crippen LogP contribution in [-0.4, -0.2) is 23.1 Å². The number of anilines is 1. The third-order valence-electron chi connectivity index (χ3n) is 2.55. The van der Waals surface area contributed by atoms with Gasteiger partial charge in [-0.15, -0.1) is 0 Å². The maximum absolute atomic E-state index is 12.5. The van der Waals surface area contributed by atoms with Crippen LogP contribution in [0.1, 0.15) is 26.1 Å². The first-order valence-corrected chi connectivity index (χ1v) is 5.48. The number of hydrogen-bond donors (Lipinski definition) is 0. The maximum Gasteiger partial charge on any atom is 0.451 e. The summed E-state index contributed by atoms with van der Waals surface area (Å²) < 4.78 is 37.5. The third kappa shape index (κ3) is 3.46.